The number of aliphatic carboxylic acids is 2. The second-order valence-corrected chi connectivity index (χ2v) is 7.89. The molecule has 0 saturated carbocycles. The second kappa shape index (κ2) is 14.9. The molecule has 3 amide bonds. The fourth-order valence-electron chi connectivity index (χ4n) is 2.57. The number of thiol groups is 1. The summed E-state index contributed by atoms with van der Waals surface area (Å²) in [5, 5.41) is 25.1. The van der Waals surface area contributed by atoms with E-state index in [0.717, 1.165) is 0 Å². The lowest BCUT2D eigenvalue weighted by atomic mass is 10.0. The van der Waals surface area contributed by atoms with Crippen LogP contribution >= 0.6 is 12.6 Å². The maximum atomic E-state index is 12.8. The molecule has 0 rings (SSSR count). The van der Waals surface area contributed by atoms with Gasteiger partial charge in [0, 0.05) is 12.3 Å². The Labute approximate surface area is 196 Å². The number of carboxylic acids is 2. The SMILES string of the molecule is CC(C)C(NC(=O)C(N)CC(=O)O)C(=O)NC(CCCN=C(N)N)C(=O)NC(CS)C(=O)O. The molecule has 0 aromatic rings. The van der Waals surface area contributed by atoms with E-state index < -0.39 is 66.2 Å². The molecule has 188 valence electrons. The van der Waals surface area contributed by atoms with Crippen LogP contribution in [-0.2, 0) is 24.0 Å². The topological polar surface area (TPSA) is 252 Å². The minimum atomic E-state index is -1.37. The van der Waals surface area contributed by atoms with Crippen LogP contribution in [0.2, 0.25) is 0 Å². The zero-order chi connectivity index (χ0) is 25.7. The normalized spacial score (nSPS) is 14.3. The van der Waals surface area contributed by atoms with E-state index in [2.05, 4.69) is 33.6 Å². The second-order valence-electron chi connectivity index (χ2n) is 7.53. The van der Waals surface area contributed by atoms with Crippen molar-refractivity contribution in [2.45, 2.75) is 57.3 Å². The molecular weight excluding hydrogens is 458 g/mol. The quantitative estimate of drug-likeness (QED) is 0.0484. The molecule has 4 unspecified atom stereocenters. The fraction of sp³-hybridized carbons (Fsp3) is 0.667. The van der Waals surface area contributed by atoms with Crippen molar-refractivity contribution in [1.82, 2.24) is 16.0 Å². The Kier molecular flexibility index (Phi) is 13.5. The van der Waals surface area contributed by atoms with Gasteiger partial charge in [-0.3, -0.25) is 24.2 Å². The summed E-state index contributed by atoms with van der Waals surface area (Å²) >= 11 is 3.89. The number of amides is 3. The Bertz CT molecular complexity index is 744. The highest BCUT2D eigenvalue weighted by molar-refractivity contribution is 7.80. The van der Waals surface area contributed by atoms with Crippen LogP contribution in [0.3, 0.4) is 0 Å². The highest BCUT2D eigenvalue weighted by Crippen LogP contribution is 2.07. The van der Waals surface area contributed by atoms with Crippen molar-refractivity contribution in [2.24, 2.45) is 28.1 Å². The zero-order valence-electron chi connectivity index (χ0n) is 18.5. The van der Waals surface area contributed by atoms with Crippen LogP contribution < -0.4 is 33.2 Å². The van der Waals surface area contributed by atoms with Gasteiger partial charge in [0.1, 0.15) is 18.1 Å². The third-order valence-electron chi connectivity index (χ3n) is 4.35. The molecule has 0 aliphatic rings. The Morgan fingerprint density at radius 3 is 1.97 bits per heavy atom. The van der Waals surface area contributed by atoms with Crippen LogP contribution in [0.25, 0.3) is 0 Å². The lowest BCUT2D eigenvalue weighted by Crippen LogP contribution is -2.58. The standard InChI is InChI=1S/C18H33N7O7S/c1-8(2)13(25-14(28)9(19)6-12(26)27)16(30)23-10(4-3-5-22-18(20)21)15(29)24-11(7-33)17(31)32/h8-11,13,33H,3-7,19H2,1-2H3,(H,23,30)(H,24,29)(H,25,28)(H,26,27)(H,31,32)(H4,20,21,22). The third-order valence-corrected chi connectivity index (χ3v) is 4.72. The first-order valence-corrected chi connectivity index (χ1v) is 10.7. The molecular formula is C18H33N7O7S. The zero-order valence-corrected chi connectivity index (χ0v) is 19.4. The molecule has 0 radical (unpaired) electrons. The van der Waals surface area contributed by atoms with Crippen LogP contribution in [0.1, 0.15) is 33.1 Å². The molecule has 0 aliphatic carbocycles. The summed E-state index contributed by atoms with van der Waals surface area (Å²) in [6.45, 7) is 3.41. The monoisotopic (exact) mass is 491 g/mol. The van der Waals surface area contributed by atoms with Crippen LogP contribution in [0.5, 0.6) is 0 Å². The van der Waals surface area contributed by atoms with Crippen LogP contribution in [0, 0.1) is 5.92 Å². The van der Waals surface area contributed by atoms with Crippen LogP contribution in [-0.4, -0.2) is 82.3 Å². The van der Waals surface area contributed by atoms with Gasteiger partial charge >= 0.3 is 11.9 Å². The van der Waals surface area contributed by atoms with Gasteiger partial charge in [-0.2, -0.15) is 12.6 Å². The molecule has 0 aromatic heterocycles. The van der Waals surface area contributed by atoms with Crippen molar-refractivity contribution in [3.05, 3.63) is 0 Å². The molecule has 0 fully saturated rings. The number of hydrogen-bond acceptors (Lipinski definition) is 8. The summed E-state index contributed by atoms with van der Waals surface area (Å²) in [4.78, 5) is 63.4. The van der Waals surface area contributed by atoms with E-state index in [1.54, 1.807) is 13.8 Å². The lowest BCUT2D eigenvalue weighted by Gasteiger charge is -2.26. The molecule has 0 aromatic carbocycles. The number of rotatable bonds is 15. The Morgan fingerprint density at radius 1 is 0.939 bits per heavy atom. The van der Waals surface area contributed by atoms with Gasteiger partial charge in [0.05, 0.1) is 12.5 Å². The van der Waals surface area contributed by atoms with E-state index in [-0.39, 0.29) is 31.1 Å². The number of carboxylic acid groups (broad SMARTS) is 2. The molecule has 0 bridgehead atoms. The highest BCUT2D eigenvalue weighted by Gasteiger charge is 2.31. The van der Waals surface area contributed by atoms with Crippen molar-refractivity contribution >= 4 is 48.2 Å². The highest BCUT2D eigenvalue weighted by atomic mass is 32.1. The van der Waals surface area contributed by atoms with Gasteiger partial charge in [-0.05, 0) is 18.8 Å². The summed E-state index contributed by atoms with van der Waals surface area (Å²) < 4.78 is 0. The van der Waals surface area contributed by atoms with Crippen LogP contribution in [0.4, 0.5) is 0 Å². The Hall–Kier alpha value is -3.07. The smallest absolute Gasteiger partial charge is 0.327 e. The number of nitrogens with two attached hydrogens (primary N) is 3. The summed E-state index contributed by atoms with van der Waals surface area (Å²) in [5.41, 5.74) is 16.1. The van der Waals surface area contributed by atoms with Crippen molar-refractivity contribution in [3.8, 4) is 0 Å². The van der Waals surface area contributed by atoms with Crippen LogP contribution in [0.15, 0.2) is 4.99 Å². The molecule has 15 heteroatoms. The van der Waals surface area contributed by atoms with E-state index in [1.807, 2.05) is 0 Å². The van der Waals surface area contributed by atoms with Gasteiger partial charge < -0.3 is 43.4 Å². The number of aliphatic imine (C=N–C) groups is 1. The largest absolute Gasteiger partial charge is 0.481 e. The van der Waals surface area contributed by atoms with Gasteiger partial charge in [-0.1, -0.05) is 13.8 Å². The summed E-state index contributed by atoms with van der Waals surface area (Å²) in [6, 6.07) is -4.96. The van der Waals surface area contributed by atoms with E-state index in [1.165, 1.54) is 0 Å². The molecule has 0 saturated heterocycles. The molecule has 0 aliphatic heterocycles. The first kappa shape index (κ1) is 29.9. The van der Waals surface area contributed by atoms with Crippen molar-refractivity contribution in [3.63, 3.8) is 0 Å². The average molecular weight is 492 g/mol. The number of carbonyl (C=O) groups is 5. The fourth-order valence-corrected chi connectivity index (χ4v) is 2.82. The van der Waals surface area contributed by atoms with E-state index in [0.29, 0.717) is 0 Å². The molecule has 4 atom stereocenters. The summed E-state index contributed by atoms with van der Waals surface area (Å²) in [5.74, 6) is -5.71. The maximum absolute atomic E-state index is 12.8. The first-order chi connectivity index (χ1) is 15.3. The number of nitrogens with zero attached hydrogens (tertiary/aromatic N) is 1. The van der Waals surface area contributed by atoms with Crippen molar-refractivity contribution in [2.75, 3.05) is 12.3 Å². The lowest BCUT2D eigenvalue weighted by molar-refractivity contribution is -0.141. The van der Waals surface area contributed by atoms with E-state index >= 15 is 0 Å². The molecule has 0 heterocycles. The first-order valence-electron chi connectivity index (χ1n) is 10.1. The van der Waals surface area contributed by atoms with Gasteiger partial charge in [0.15, 0.2) is 5.96 Å². The molecule has 33 heavy (non-hydrogen) atoms. The maximum Gasteiger partial charge on any atom is 0.327 e. The summed E-state index contributed by atoms with van der Waals surface area (Å²) in [7, 11) is 0. The minimum Gasteiger partial charge on any atom is -0.481 e. The van der Waals surface area contributed by atoms with Crippen molar-refractivity contribution < 1.29 is 34.2 Å². The predicted molar refractivity (Wildman–Crippen MR) is 122 cm³/mol. The number of hydrogen-bond donors (Lipinski definition) is 9. The van der Waals surface area contributed by atoms with Gasteiger partial charge in [-0.15, -0.1) is 0 Å². The van der Waals surface area contributed by atoms with E-state index in [4.69, 9.17) is 27.4 Å². The average Bonchev–Trinajstić information content (AvgIpc) is 2.70. The number of guanidine groups is 1. The third kappa shape index (κ3) is 11.9. The number of carbonyl (C=O) groups excluding carboxylic acids is 3. The molecule has 14 nitrogen and oxygen atoms in total. The van der Waals surface area contributed by atoms with E-state index in [9.17, 15) is 24.0 Å². The van der Waals surface area contributed by atoms with Crippen molar-refractivity contribution in [1.29, 1.82) is 0 Å². The predicted octanol–water partition coefficient (Wildman–Crippen LogP) is -3.03. The van der Waals surface area contributed by atoms with Gasteiger partial charge in [0.25, 0.3) is 0 Å². The Balaban J connectivity index is 5.46. The van der Waals surface area contributed by atoms with Gasteiger partial charge in [-0.25, -0.2) is 4.79 Å². The summed E-state index contributed by atoms with van der Waals surface area (Å²) in [6.07, 6.45) is -0.296. The number of nitrogens with one attached hydrogen (secondary N) is 3. The molecule has 11 N–H and O–H groups in total. The molecule has 0 spiro atoms. The minimum absolute atomic E-state index is 0.0601. The van der Waals surface area contributed by atoms with Gasteiger partial charge in [0.2, 0.25) is 17.7 Å². The Morgan fingerprint density at radius 2 is 1.52 bits per heavy atom.